The summed E-state index contributed by atoms with van der Waals surface area (Å²) in [6, 6.07) is 9.42. The van der Waals surface area contributed by atoms with Crippen molar-refractivity contribution in [2.45, 2.75) is 19.8 Å². The zero-order chi connectivity index (χ0) is 20.7. The first-order chi connectivity index (χ1) is 13.2. The van der Waals surface area contributed by atoms with Crippen LogP contribution in [0.25, 0.3) is 0 Å². The number of nitrogens with one attached hydrogen (secondary N) is 1. The lowest BCUT2D eigenvalue weighted by atomic mass is 10.2. The molecule has 5 nitrogen and oxygen atoms in total. The van der Waals surface area contributed by atoms with Gasteiger partial charge in [-0.15, -0.1) is 13.2 Å². The van der Waals surface area contributed by atoms with Crippen molar-refractivity contribution in [3.63, 3.8) is 0 Å². The summed E-state index contributed by atoms with van der Waals surface area (Å²) in [6.07, 6.45) is -4.77. The summed E-state index contributed by atoms with van der Waals surface area (Å²) in [5.74, 6) is -1.06. The third-order valence-corrected chi connectivity index (χ3v) is 3.81. The molecule has 0 aliphatic heterocycles. The van der Waals surface area contributed by atoms with Crippen LogP contribution < -0.4 is 14.8 Å². The Morgan fingerprint density at radius 3 is 2.36 bits per heavy atom. The van der Waals surface area contributed by atoms with Crippen LogP contribution >= 0.6 is 0 Å². The number of amides is 1. The van der Waals surface area contributed by atoms with Crippen molar-refractivity contribution in [3.8, 4) is 11.5 Å². The lowest BCUT2D eigenvalue weighted by Gasteiger charge is -2.20. The fourth-order valence-corrected chi connectivity index (χ4v) is 2.49. The van der Waals surface area contributed by atoms with E-state index in [0.29, 0.717) is 24.3 Å². The van der Waals surface area contributed by atoms with Crippen molar-refractivity contribution in [3.05, 3.63) is 53.8 Å². The molecular weight excluding hydrogens is 380 g/mol. The maximum absolute atomic E-state index is 13.8. The molecule has 0 radical (unpaired) electrons. The molecule has 1 N–H and O–H groups in total. The molecule has 0 unspecified atom stereocenters. The van der Waals surface area contributed by atoms with Gasteiger partial charge < -0.3 is 14.8 Å². The fraction of sp³-hybridized carbons (Fsp3) is 0.316. The molecule has 2 rings (SSSR count). The van der Waals surface area contributed by atoms with E-state index in [0.717, 1.165) is 12.1 Å². The Kier molecular flexibility index (Phi) is 7.22. The summed E-state index contributed by atoms with van der Waals surface area (Å²) >= 11 is 0. The summed E-state index contributed by atoms with van der Waals surface area (Å²) in [7, 11) is 1.38. The van der Waals surface area contributed by atoms with Crippen LogP contribution in [0.4, 0.5) is 23.2 Å². The monoisotopic (exact) mass is 400 g/mol. The number of carbonyl (C=O) groups excluding carboxylic acids is 1. The highest BCUT2D eigenvalue weighted by Gasteiger charge is 2.30. The van der Waals surface area contributed by atoms with Crippen molar-refractivity contribution in [2.75, 3.05) is 25.5 Å². The van der Waals surface area contributed by atoms with Gasteiger partial charge in [0.05, 0.1) is 13.7 Å². The van der Waals surface area contributed by atoms with Crippen LogP contribution in [-0.4, -0.2) is 37.4 Å². The van der Waals surface area contributed by atoms with E-state index in [2.05, 4.69) is 10.1 Å². The van der Waals surface area contributed by atoms with Crippen LogP contribution in [0.15, 0.2) is 42.5 Å². The van der Waals surface area contributed by atoms with Crippen molar-refractivity contribution < 1.29 is 31.8 Å². The second-order valence-corrected chi connectivity index (χ2v) is 5.89. The molecule has 0 saturated heterocycles. The first kappa shape index (κ1) is 21.5. The first-order valence-corrected chi connectivity index (χ1v) is 8.40. The number of methoxy groups -OCH3 is 1. The quantitative estimate of drug-likeness (QED) is 0.675. The van der Waals surface area contributed by atoms with Crippen molar-refractivity contribution >= 4 is 11.6 Å². The molecule has 28 heavy (non-hydrogen) atoms. The van der Waals surface area contributed by atoms with Gasteiger partial charge in [-0.3, -0.25) is 9.69 Å². The number of rotatable bonds is 8. The standard InChI is InChI=1S/C19H20F4N2O3/c1-3-25(11-13-4-9-17(27-2)16(20)10-13)12-18(26)24-14-5-7-15(8-6-14)28-19(21,22)23/h4-10H,3,11-12H2,1-2H3,(H,24,26). The van der Waals surface area contributed by atoms with Crippen LogP contribution in [0, 0.1) is 5.82 Å². The molecule has 0 spiro atoms. The SMILES string of the molecule is CCN(CC(=O)Nc1ccc(OC(F)(F)F)cc1)Cc1ccc(OC)c(F)c1. The zero-order valence-electron chi connectivity index (χ0n) is 15.3. The third-order valence-electron chi connectivity index (χ3n) is 3.81. The lowest BCUT2D eigenvalue weighted by molar-refractivity contribution is -0.274. The van der Waals surface area contributed by atoms with Gasteiger partial charge in [0.2, 0.25) is 5.91 Å². The summed E-state index contributed by atoms with van der Waals surface area (Å²) in [5, 5.41) is 2.60. The normalized spacial score (nSPS) is 11.4. The Balaban J connectivity index is 1.92. The molecular formula is C19H20F4N2O3. The number of likely N-dealkylation sites (N-methyl/N-ethyl adjacent to an activating group) is 1. The van der Waals surface area contributed by atoms with Gasteiger partial charge >= 0.3 is 6.36 Å². The largest absolute Gasteiger partial charge is 0.573 e. The predicted molar refractivity (Wildman–Crippen MR) is 95.7 cm³/mol. The van der Waals surface area contributed by atoms with Gasteiger partial charge in [0.1, 0.15) is 5.75 Å². The molecule has 0 saturated carbocycles. The maximum Gasteiger partial charge on any atom is 0.573 e. The molecule has 0 aliphatic carbocycles. The Morgan fingerprint density at radius 2 is 1.82 bits per heavy atom. The average Bonchev–Trinajstić information content (AvgIpc) is 2.61. The van der Waals surface area contributed by atoms with E-state index in [9.17, 15) is 22.4 Å². The van der Waals surface area contributed by atoms with E-state index in [1.165, 1.54) is 31.4 Å². The van der Waals surface area contributed by atoms with E-state index < -0.39 is 12.2 Å². The molecule has 152 valence electrons. The number of hydrogen-bond acceptors (Lipinski definition) is 4. The minimum atomic E-state index is -4.77. The van der Waals surface area contributed by atoms with E-state index in [4.69, 9.17) is 4.74 Å². The van der Waals surface area contributed by atoms with Gasteiger partial charge in [-0.2, -0.15) is 0 Å². The highest BCUT2D eigenvalue weighted by Crippen LogP contribution is 2.24. The molecule has 2 aromatic rings. The first-order valence-electron chi connectivity index (χ1n) is 8.40. The van der Waals surface area contributed by atoms with Gasteiger partial charge in [-0.1, -0.05) is 13.0 Å². The molecule has 0 bridgehead atoms. The number of hydrogen-bond donors (Lipinski definition) is 1. The van der Waals surface area contributed by atoms with Gasteiger partial charge in [-0.05, 0) is 48.5 Å². The molecule has 0 fully saturated rings. The molecule has 2 aromatic carbocycles. The number of anilines is 1. The Morgan fingerprint density at radius 1 is 1.14 bits per heavy atom. The third kappa shape index (κ3) is 6.73. The van der Waals surface area contributed by atoms with E-state index in [1.54, 1.807) is 11.0 Å². The van der Waals surface area contributed by atoms with E-state index in [1.807, 2.05) is 6.92 Å². The summed E-state index contributed by atoms with van der Waals surface area (Å²) in [6.45, 7) is 2.78. The molecule has 0 heterocycles. The van der Waals surface area contributed by atoms with Crippen LogP contribution in [0.5, 0.6) is 11.5 Å². The highest BCUT2D eigenvalue weighted by molar-refractivity contribution is 5.92. The molecule has 0 aliphatic rings. The van der Waals surface area contributed by atoms with Gasteiger partial charge in [0.15, 0.2) is 11.6 Å². The summed E-state index contributed by atoms with van der Waals surface area (Å²) < 4.78 is 58.9. The number of carbonyl (C=O) groups is 1. The van der Waals surface area contributed by atoms with E-state index >= 15 is 0 Å². The minimum absolute atomic E-state index is 0.0327. The number of halogens is 4. The Hall–Kier alpha value is -2.81. The zero-order valence-corrected chi connectivity index (χ0v) is 15.3. The Bertz CT molecular complexity index is 795. The van der Waals surface area contributed by atoms with Crippen LogP contribution in [0.2, 0.25) is 0 Å². The predicted octanol–water partition coefficient (Wildman–Crippen LogP) is 4.19. The summed E-state index contributed by atoms with van der Waals surface area (Å²) in [4.78, 5) is 14.0. The number of nitrogens with zero attached hydrogens (tertiary/aromatic N) is 1. The minimum Gasteiger partial charge on any atom is -0.494 e. The second-order valence-electron chi connectivity index (χ2n) is 5.89. The number of alkyl halides is 3. The van der Waals surface area contributed by atoms with Crippen LogP contribution in [0.3, 0.4) is 0 Å². The maximum atomic E-state index is 13.8. The van der Waals surface area contributed by atoms with Crippen molar-refractivity contribution in [1.82, 2.24) is 4.90 Å². The highest BCUT2D eigenvalue weighted by atomic mass is 19.4. The Labute approximate surface area is 159 Å². The average molecular weight is 400 g/mol. The second kappa shape index (κ2) is 9.41. The van der Waals surface area contributed by atoms with Crippen LogP contribution in [0.1, 0.15) is 12.5 Å². The molecule has 0 aromatic heterocycles. The lowest BCUT2D eigenvalue weighted by Crippen LogP contribution is -2.32. The van der Waals surface area contributed by atoms with Gasteiger partial charge in [-0.25, -0.2) is 4.39 Å². The van der Waals surface area contributed by atoms with Crippen molar-refractivity contribution in [1.29, 1.82) is 0 Å². The van der Waals surface area contributed by atoms with Gasteiger partial charge in [0, 0.05) is 12.2 Å². The molecule has 1 amide bonds. The molecule has 0 atom stereocenters. The van der Waals surface area contributed by atoms with E-state index in [-0.39, 0.29) is 24.0 Å². The summed E-state index contributed by atoms with van der Waals surface area (Å²) in [5.41, 5.74) is 1.02. The van der Waals surface area contributed by atoms with Gasteiger partial charge in [0.25, 0.3) is 0 Å². The smallest absolute Gasteiger partial charge is 0.494 e. The number of ether oxygens (including phenoxy) is 2. The molecule has 9 heteroatoms. The topological polar surface area (TPSA) is 50.8 Å². The van der Waals surface area contributed by atoms with Crippen LogP contribution in [-0.2, 0) is 11.3 Å². The van der Waals surface area contributed by atoms with Crippen molar-refractivity contribution in [2.24, 2.45) is 0 Å². The number of benzene rings is 2. The fourth-order valence-electron chi connectivity index (χ4n) is 2.49.